The second-order valence-electron chi connectivity index (χ2n) is 12.7. The maximum absolute atomic E-state index is 15.7. The van der Waals surface area contributed by atoms with E-state index in [4.69, 9.17) is 4.42 Å². The summed E-state index contributed by atoms with van der Waals surface area (Å²) in [5.41, 5.74) is -0.732. The molecule has 4 heterocycles. The average molecular weight is 691 g/mol. The highest BCUT2D eigenvalue weighted by atomic mass is 19.3. The van der Waals surface area contributed by atoms with Crippen LogP contribution >= 0.6 is 0 Å². The van der Waals surface area contributed by atoms with E-state index in [0.29, 0.717) is 31.1 Å². The Morgan fingerprint density at radius 3 is 2.42 bits per heavy atom. The molecule has 2 aromatic heterocycles. The Hall–Kier alpha value is -5.20. The molecule has 0 aliphatic carbocycles. The molecule has 2 fully saturated rings. The molecule has 6 rings (SSSR count). The van der Waals surface area contributed by atoms with Gasteiger partial charge in [-0.15, -0.1) is 0 Å². The second-order valence-corrected chi connectivity index (χ2v) is 12.7. The lowest BCUT2D eigenvalue weighted by Crippen LogP contribution is -2.40. The highest BCUT2D eigenvalue weighted by Gasteiger charge is 2.41. The fourth-order valence-corrected chi connectivity index (χ4v) is 6.43. The van der Waals surface area contributed by atoms with Crippen LogP contribution in [0.2, 0.25) is 0 Å². The minimum atomic E-state index is -3.66. The number of likely N-dealkylation sites (tertiary alicyclic amines) is 1. The van der Waals surface area contributed by atoms with Gasteiger partial charge in [-0.1, -0.05) is 49.0 Å². The number of urea groups is 1. The van der Waals surface area contributed by atoms with Crippen molar-refractivity contribution in [2.45, 2.75) is 50.1 Å². The van der Waals surface area contributed by atoms with Gasteiger partial charge in [0.05, 0.1) is 17.6 Å². The number of allylic oxidation sites excluding steroid dienone is 1. The van der Waals surface area contributed by atoms with Gasteiger partial charge in [0.25, 0.3) is 11.9 Å². The lowest BCUT2D eigenvalue weighted by Gasteiger charge is -2.35. The van der Waals surface area contributed by atoms with Gasteiger partial charge in [0, 0.05) is 44.7 Å². The van der Waals surface area contributed by atoms with Crippen molar-refractivity contribution in [1.29, 1.82) is 0 Å². The van der Waals surface area contributed by atoms with Crippen LogP contribution in [0.5, 0.6) is 0 Å². The van der Waals surface area contributed by atoms with Crippen LogP contribution in [-0.2, 0) is 18.0 Å². The first-order valence-electron chi connectivity index (χ1n) is 16.6. The number of rotatable bonds is 9. The van der Waals surface area contributed by atoms with Gasteiger partial charge in [0.15, 0.2) is 5.69 Å². The molecule has 0 radical (unpaired) electrons. The predicted molar refractivity (Wildman–Crippen MR) is 181 cm³/mol. The number of anilines is 3. The minimum Gasteiger partial charge on any atom is -0.418 e. The summed E-state index contributed by atoms with van der Waals surface area (Å²) >= 11 is 0. The van der Waals surface area contributed by atoms with Crippen LogP contribution in [0.25, 0.3) is 0 Å². The lowest BCUT2D eigenvalue weighted by molar-refractivity contribution is 0.0456. The summed E-state index contributed by atoms with van der Waals surface area (Å²) in [6, 6.07) is 17.6. The topological polar surface area (TPSA) is 104 Å². The number of hydrogen-bond donors (Lipinski definition) is 2. The van der Waals surface area contributed by atoms with Crippen LogP contribution in [0.4, 0.5) is 39.7 Å². The van der Waals surface area contributed by atoms with E-state index in [1.54, 1.807) is 58.3 Å². The number of piperidine rings is 1. The number of nitrogens with one attached hydrogen (secondary N) is 2. The molecule has 262 valence electrons. The van der Waals surface area contributed by atoms with Crippen LogP contribution in [0.3, 0.4) is 0 Å². The standard InChI is InChI=1S/C37H38F4N6O3/c1-2-37(40,41)32-31(50-35(45-32)47-21-17-36(39,18-22-47)26-10-4-3-5-11-26)33(48)43-28-15-14-27(42-24-28)23-25-9-8-19-46(20-16-25)34(49)44-30-13-7-6-12-29(30)38/h2-7,10-15,24-25H,1,8-9,16-23H2,(H,43,48)(H,44,49). The number of carbonyl (C=O) groups excluding carboxylic acids is 2. The molecule has 2 N–H and O–H groups in total. The van der Waals surface area contributed by atoms with Crippen molar-refractivity contribution in [3.8, 4) is 0 Å². The molecule has 2 saturated heterocycles. The summed E-state index contributed by atoms with van der Waals surface area (Å²) in [5.74, 6) is -5.51. The second kappa shape index (κ2) is 14.7. The number of hydrogen-bond acceptors (Lipinski definition) is 6. The fraction of sp³-hybridized carbons (Fsp3) is 0.351. The molecule has 0 spiro atoms. The Morgan fingerprint density at radius 2 is 1.72 bits per heavy atom. The Balaban J connectivity index is 1.06. The van der Waals surface area contributed by atoms with Crippen LogP contribution < -0.4 is 15.5 Å². The van der Waals surface area contributed by atoms with Gasteiger partial charge in [-0.2, -0.15) is 13.8 Å². The minimum absolute atomic E-state index is 0.0933. The highest BCUT2D eigenvalue weighted by Crippen LogP contribution is 2.40. The number of nitrogens with zero attached hydrogens (tertiary/aromatic N) is 4. The van der Waals surface area contributed by atoms with E-state index in [2.05, 4.69) is 27.2 Å². The summed E-state index contributed by atoms with van der Waals surface area (Å²) in [7, 11) is 0. The molecule has 2 aliphatic rings. The number of alkyl halides is 3. The number of amides is 3. The van der Waals surface area contributed by atoms with Crippen LogP contribution in [0.15, 0.2) is 90.0 Å². The average Bonchev–Trinajstić information content (AvgIpc) is 3.46. The molecule has 4 aromatic rings. The van der Waals surface area contributed by atoms with Crippen molar-refractivity contribution in [2.24, 2.45) is 5.92 Å². The monoisotopic (exact) mass is 690 g/mol. The molecule has 1 unspecified atom stereocenters. The van der Waals surface area contributed by atoms with E-state index in [1.165, 1.54) is 18.3 Å². The predicted octanol–water partition coefficient (Wildman–Crippen LogP) is 8.08. The zero-order valence-electron chi connectivity index (χ0n) is 27.4. The summed E-state index contributed by atoms with van der Waals surface area (Å²) in [6.07, 6.45) is 5.03. The molecule has 9 nitrogen and oxygen atoms in total. The van der Waals surface area contributed by atoms with E-state index in [0.717, 1.165) is 25.0 Å². The smallest absolute Gasteiger partial charge is 0.321 e. The van der Waals surface area contributed by atoms with Gasteiger partial charge in [0.2, 0.25) is 5.76 Å². The third-order valence-electron chi connectivity index (χ3n) is 9.34. The molecule has 3 amide bonds. The third kappa shape index (κ3) is 7.82. The van der Waals surface area contributed by atoms with Gasteiger partial charge in [-0.3, -0.25) is 9.78 Å². The zero-order chi connectivity index (χ0) is 35.3. The quantitative estimate of drug-likeness (QED) is 0.136. The first kappa shape index (κ1) is 34.7. The number of pyridine rings is 1. The Labute approximate surface area is 287 Å². The van der Waals surface area contributed by atoms with Gasteiger partial charge in [-0.05, 0) is 67.5 Å². The molecule has 0 bridgehead atoms. The van der Waals surface area contributed by atoms with Crippen molar-refractivity contribution in [1.82, 2.24) is 14.9 Å². The number of oxazole rings is 1. The van der Waals surface area contributed by atoms with E-state index in [1.807, 2.05) is 6.07 Å². The molecule has 2 aliphatic heterocycles. The van der Waals surface area contributed by atoms with Crippen molar-refractivity contribution in [3.05, 3.63) is 114 Å². The molecule has 2 aromatic carbocycles. The van der Waals surface area contributed by atoms with Gasteiger partial charge in [-0.25, -0.2) is 13.6 Å². The number of aromatic nitrogens is 2. The summed E-state index contributed by atoms with van der Waals surface area (Å²) in [6.45, 7) is 4.55. The van der Waals surface area contributed by atoms with Gasteiger partial charge < -0.3 is 24.9 Å². The van der Waals surface area contributed by atoms with E-state index in [9.17, 15) is 22.8 Å². The molecule has 50 heavy (non-hydrogen) atoms. The Morgan fingerprint density at radius 1 is 0.980 bits per heavy atom. The SMILES string of the molecule is C=CC(F)(F)c1nc(N2CCC(F)(c3ccccc3)CC2)oc1C(=O)Nc1ccc(CC2CCCN(C(=O)Nc3ccccc3F)CC2)nc1. The maximum atomic E-state index is 15.7. The maximum Gasteiger partial charge on any atom is 0.321 e. The van der Waals surface area contributed by atoms with Crippen LogP contribution in [-0.4, -0.2) is 53.0 Å². The summed E-state index contributed by atoms with van der Waals surface area (Å²) < 4.78 is 65.1. The van der Waals surface area contributed by atoms with Gasteiger partial charge >= 0.3 is 12.0 Å². The molecular weight excluding hydrogens is 652 g/mol. The lowest BCUT2D eigenvalue weighted by atomic mass is 9.86. The third-order valence-corrected chi connectivity index (χ3v) is 9.34. The van der Waals surface area contributed by atoms with E-state index < -0.39 is 34.8 Å². The number of para-hydroxylation sites is 1. The van der Waals surface area contributed by atoms with Gasteiger partial charge in [0.1, 0.15) is 11.5 Å². The summed E-state index contributed by atoms with van der Waals surface area (Å²) in [4.78, 5) is 37.7. The van der Waals surface area contributed by atoms with Crippen LogP contribution in [0, 0.1) is 11.7 Å². The fourth-order valence-electron chi connectivity index (χ4n) is 6.43. The normalized spacial score (nSPS) is 17.9. The first-order valence-corrected chi connectivity index (χ1v) is 16.6. The van der Waals surface area contributed by atoms with Crippen molar-refractivity contribution < 1.29 is 31.6 Å². The first-order chi connectivity index (χ1) is 24.0. The van der Waals surface area contributed by atoms with Crippen molar-refractivity contribution in [3.63, 3.8) is 0 Å². The van der Waals surface area contributed by atoms with Crippen LogP contribution in [0.1, 0.15) is 59.6 Å². The number of benzene rings is 2. The van der Waals surface area contributed by atoms with Crippen molar-refractivity contribution in [2.75, 3.05) is 41.7 Å². The largest absolute Gasteiger partial charge is 0.418 e. The zero-order valence-corrected chi connectivity index (χ0v) is 27.4. The highest BCUT2D eigenvalue weighted by molar-refractivity contribution is 6.03. The van der Waals surface area contributed by atoms with Crippen molar-refractivity contribution >= 4 is 29.3 Å². The molecule has 1 atom stereocenters. The van der Waals surface area contributed by atoms with E-state index >= 15 is 4.39 Å². The Bertz CT molecular complexity index is 1810. The molecular formula is C37H38F4N6O3. The number of carbonyl (C=O) groups is 2. The molecule has 0 saturated carbocycles. The molecule has 13 heteroatoms. The van der Waals surface area contributed by atoms with E-state index in [-0.39, 0.29) is 55.3 Å². The number of halogens is 4. The summed E-state index contributed by atoms with van der Waals surface area (Å²) in [5, 5.41) is 5.21. The Kier molecular flexibility index (Phi) is 10.2.